The van der Waals surface area contributed by atoms with Gasteiger partial charge in [0.05, 0.1) is 11.9 Å². The van der Waals surface area contributed by atoms with Gasteiger partial charge >= 0.3 is 5.69 Å². The van der Waals surface area contributed by atoms with E-state index in [0.29, 0.717) is 5.56 Å². The van der Waals surface area contributed by atoms with Gasteiger partial charge in [0, 0.05) is 24.3 Å². The first-order valence-electron chi connectivity index (χ1n) is 9.56. The van der Waals surface area contributed by atoms with Crippen LogP contribution in [-0.4, -0.2) is 35.2 Å². The fraction of sp³-hybridized carbons (Fsp3) is 0.182. The summed E-state index contributed by atoms with van der Waals surface area (Å²) in [5.74, 6) is -0.991. The predicted octanol–water partition coefficient (Wildman–Crippen LogP) is 3.19. The molecule has 1 aromatic heterocycles. The van der Waals surface area contributed by atoms with E-state index in [1.807, 2.05) is 24.3 Å². The fourth-order valence-corrected chi connectivity index (χ4v) is 2.93. The summed E-state index contributed by atoms with van der Waals surface area (Å²) in [6.07, 6.45) is 1.52. The highest BCUT2D eigenvalue weighted by Crippen LogP contribution is 2.16. The van der Waals surface area contributed by atoms with Gasteiger partial charge in [-0.3, -0.25) is 4.79 Å². The first-order chi connectivity index (χ1) is 14.5. The Hall–Kier alpha value is -3.81. The zero-order valence-corrected chi connectivity index (χ0v) is 16.7. The van der Waals surface area contributed by atoms with Crippen molar-refractivity contribution in [2.75, 3.05) is 18.0 Å². The van der Waals surface area contributed by atoms with Crippen LogP contribution in [0.25, 0.3) is 11.3 Å². The lowest BCUT2D eigenvalue weighted by molar-refractivity contribution is 0.0949. The van der Waals surface area contributed by atoms with Gasteiger partial charge in [0.25, 0.3) is 5.91 Å². The molecule has 0 unspecified atom stereocenters. The lowest BCUT2D eigenvalue weighted by Gasteiger charge is -2.20. The van der Waals surface area contributed by atoms with E-state index >= 15 is 0 Å². The summed E-state index contributed by atoms with van der Waals surface area (Å²) >= 11 is 0. The van der Waals surface area contributed by atoms with E-state index in [1.165, 1.54) is 36.5 Å². The summed E-state index contributed by atoms with van der Waals surface area (Å²) in [6, 6.07) is 14.7. The zero-order chi connectivity index (χ0) is 21.5. The molecule has 3 aromatic rings. The molecule has 2 aromatic carbocycles. The number of halogens is 1. The average Bonchev–Trinajstić information content (AvgIpc) is 2.75. The topological polar surface area (TPSA) is 90.4 Å². The third-order valence-electron chi connectivity index (χ3n) is 4.53. The van der Waals surface area contributed by atoms with Gasteiger partial charge in [-0.25, -0.2) is 14.6 Å². The van der Waals surface area contributed by atoms with Crippen LogP contribution in [0.15, 0.2) is 64.5 Å². The molecule has 0 aliphatic carbocycles. The first kappa shape index (κ1) is 20.9. The van der Waals surface area contributed by atoms with Gasteiger partial charge in [-0.1, -0.05) is 12.1 Å². The lowest BCUT2D eigenvalue weighted by Crippen LogP contribution is -2.24. The van der Waals surface area contributed by atoms with Crippen LogP contribution in [0.5, 0.6) is 0 Å². The summed E-state index contributed by atoms with van der Waals surface area (Å²) < 4.78 is 13.1. The summed E-state index contributed by atoms with van der Waals surface area (Å²) in [6.45, 7) is 6.03. The van der Waals surface area contributed by atoms with Crippen molar-refractivity contribution in [1.29, 1.82) is 0 Å². The fourth-order valence-electron chi connectivity index (χ4n) is 2.93. The molecule has 1 amide bonds. The van der Waals surface area contributed by atoms with Crippen LogP contribution in [-0.2, 0) is 0 Å². The summed E-state index contributed by atoms with van der Waals surface area (Å²) in [4.78, 5) is 32.6. The molecule has 8 heteroatoms. The van der Waals surface area contributed by atoms with Crippen molar-refractivity contribution >= 4 is 17.8 Å². The molecule has 0 atom stereocenters. The average molecular weight is 407 g/mol. The number of aromatic amines is 1. The van der Waals surface area contributed by atoms with E-state index in [9.17, 15) is 14.0 Å². The highest BCUT2D eigenvalue weighted by Gasteiger charge is 2.10. The van der Waals surface area contributed by atoms with Crippen LogP contribution in [0.4, 0.5) is 10.1 Å². The Bertz CT molecular complexity index is 1090. The minimum Gasteiger partial charge on any atom is -0.372 e. The van der Waals surface area contributed by atoms with Gasteiger partial charge in [-0.15, -0.1) is 0 Å². The first-order valence-corrected chi connectivity index (χ1v) is 9.56. The smallest absolute Gasteiger partial charge is 0.346 e. The minimum atomic E-state index is -0.682. The third kappa shape index (κ3) is 5.16. The predicted molar refractivity (Wildman–Crippen MR) is 115 cm³/mol. The molecule has 0 radical (unpaired) electrons. The number of rotatable bonds is 7. The largest absolute Gasteiger partial charge is 0.372 e. The SMILES string of the molecule is CCN(CC)c1ccc(/C=N/NC(=O)c2cc(-c3ccc(F)cc3)nc(=O)[nH]2)cc1. The molecule has 2 N–H and O–H groups in total. The van der Waals surface area contributed by atoms with E-state index in [0.717, 1.165) is 24.3 Å². The summed E-state index contributed by atoms with van der Waals surface area (Å²) in [7, 11) is 0. The van der Waals surface area contributed by atoms with E-state index in [1.54, 1.807) is 0 Å². The molecule has 0 aliphatic rings. The second kappa shape index (κ2) is 9.60. The van der Waals surface area contributed by atoms with Gasteiger partial charge in [-0.05, 0) is 61.9 Å². The molecule has 154 valence electrons. The number of carbonyl (C=O) groups excluding carboxylic acids is 1. The van der Waals surface area contributed by atoms with Crippen LogP contribution >= 0.6 is 0 Å². The van der Waals surface area contributed by atoms with Gasteiger partial charge in [0.1, 0.15) is 11.5 Å². The molecule has 0 aliphatic heterocycles. The number of nitrogens with zero attached hydrogens (tertiary/aromatic N) is 3. The molecular formula is C22H22FN5O2. The Morgan fingerprint density at radius 1 is 1.13 bits per heavy atom. The summed E-state index contributed by atoms with van der Waals surface area (Å²) in [5.41, 5.74) is 4.43. The van der Waals surface area contributed by atoms with Crippen molar-refractivity contribution in [1.82, 2.24) is 15.4 Å². The maximum atomic E-state index is 13.1. The van der Waals surface area contributed by atoms with Gasteiger partial charge < -0.3 is 9.88 Å². The number of anilines is 1. The van der Waals surface area contributed by atoms with Crippen LogP contribution in [0, 0.1) is 5.82 Å². The van der Waals surface area contributed by atoms with Crippen LogP contribution < -0.4 is 16.0 Å². The standard InChI is InChI=1S/C22H22FN5O2/c1-3-28(4-2)18-11-5-15(6-12-18)14-24-27-21(29)20-13-19(25-22(30)26-20)16-7-9-17(23)10-8-16/h5-14H,3-4H2,1-2H3,(H,27,29)(H,25,26,30)/b24-14+. The molecule has 0 fully saturated rings. The molecule has 0 bridgehead atoms. The number of hydrazone groups is 1. The zero-order valence-electron chi connectivity index (χ0n) is 16.7. The molecule has 7 nitrogen and oxygen atoms in total. The second-order valence-corrected chi connectivity index (χ2v) is 6.46. The number of H-pyrrole nitrogens is 1. The maximum absolute atomic E-state index is 13.1. The van der Waals surface area contributed by atoms with Gasteiger partial charge in [-0.2, -0.15) is 10.1 Å². The van der Waals surface area contributed by atoms with Crippen molar-refractivity contribution < 1.29 is 9.18 Å². The van der Waals surface area contributed by atoms with Gasteiger partial charge in [0.15, 0.2) is 0 Å². The Morgan fingerprint density at radius 3 is 2.43 bits per heavy atom. The Labute approximate surface area is 173 Å². The molecule has 3 rings (SSSR count). The van der Waals surface area contributed by atoms with Crippen LogP contribution in [0.1, 0.15) is 29.9 Å². The molecule has 0 saturated carbocycles. The highest BCUT2D eigenvalue weighted by atomic mass is 19.1. The Kier molecular flexibility index (Phi) is 6.69. The minimum absolute atomic E-state index is 0.00311. The quantitative estimate of drug-likeness (QED) is 0.465. The van der Waals surface area contributed by atoms with E-state index in [-0.39, 0.29) is 11.4 Å². The number of hydrogen-bond donors (Lipinski definition) is 2. The van der Waals surface area contributed by atoms with E-state index in [4.69, 9.17) is 0 Å². The van der Waals surface area contributed by atoms with Crippen molar-refractivity contribution in [3.63, 3.8) is 0 Å². The number of aromatic nitrogens is 2. The number of carbonyl (C=O) groups is 1. The number of amides is 1. The van der Waals surface area contributed by atoms with Crippen molar-refractivity contribution in [2.45, 2.75) is 13.8 Å². The molecule has 0 spiro atoms. The third-order valence-corrected chi connectivity index (χ3v) is 4.53. The molecule has 30 heavy (non-hydrogen) atoms. The van der Waals surface area contributed by atoms with E-state index < -0.39 is 17.4 Å². The molecule has 1 heterocycles. The van der Waals surface area contributed by atoms with Crippen molar-refractivity contribution in [3.8, 4) is 11.3 Å². The normalized spacial score (nSPS) is 10.9. The highest BCUT2D eigenvalue weighted by molar-refractivity contribution is 5.94. The van der Waals surface area contributed by atoms with Gasteiger partial charge in [0.2, 0.25) is 0 Å². The van der Waals surface area contributed by atoms with Crippen LogP contribution in [0.3, 0.4) is 0 Å². The maximum Gasteiger partial charge on any atom is 0.346 e. The number of nitrogens with one attached hydrogen (secondary N) is 2. The second-order valence-electron chi connectivity index (χ2n) is 6.46. The monoisotopic (exact) mass is 407 g/mol. The summed E-state index contributed by atoms with van der Waals surface area (Å²) in [5, 5.41) is 3.95. The Morgan fingerprint density at radius 2 is 1.80 bits per heavy atom. The van der Waals surface area contributed by atoms with Crippen molar-refractivity contribution in [2.24, 2.45) is 5.10 Å². The van der Waals surface area contributed by atoms with E-state index in [2.05, 4.69) is 39.2 Å². The number of hydrogen-bond acceptors (Lipinski definition) is 5. The lowest BCUT2D eigenvalue weighted by atomic mass is 10.1. The van der Waals surface area contributed by atoms with Crippen molar-refractivity contribution in [3.05, 3.63) is 82.2 Å². The molecular weight excluding hydrogens is 385 g/mol. The van der Waals surface area contributed by atoms with Crippen LogP contribution in [0.2, 0.25) is 0 Å². The Balaban J connectivity index is 1.70. The number of benzene rings is 2. The molecule has 0 saturated heterocycles.